The van der Waals surface area contributed by atoms with Crippen LogP contribution in [0.1, 0.15) is 38.7 Å². The molecule has 0 aliphatic rings. The van der Waals surface area contributed by atoms with Gasteiger partial charge < -0.3 is 10.2 Å². The zero-order valence-electron chi connectivity index (χ0n) is 12.7. The largest absolute Gasteiger partial charge is 0.385 e. The minimum Gasteiger partial charge on any atom is -0.385 e. The Kier molecular flexibility index (Phi) is 7.01. The maximum Gasteiger partial charge on any atom is 0.269 e. The van der Waals surface area contributed by atoms with Gasteiger partial charge >= 0.3 is 0 Å². The summed E-state index contributed by atoms with van der Waals surface area (Å²) in [7, 11) is 2.06. The maximum absolute atomic E-state index is 10.9. The molecule has 5 heteroatoms. The quantitative estimate of drug-likeness (QED) is 0.426. The number of anilines is 1. The number of nitro benzene ring substituents is 1. The minimum absolute atomic E-state index is 0.156. The molecular weight excluding hydrogens is 254 g/mol. The first-order valence-electron chi connectivity index (χ1n) is 7.28. The molecule has 0 radical (unpaired) electrons. The van der Waals surface area contributed by atoms with Crippen molar-refractivity contribution in [3.05, 3.63) is 33.9 Å². The molecule has 0 aromatic heterocycles. The molecule has 0 heterocycles. The van der Waals surface area contributed by atoms with Crippen molar-refractivity contribution in [1.82, 2.24) is 4.90 Å². The monoisotopic (exact) mass is 279 g/mol. The zero-order chi connectivity index (χ0) is 15.0. The standard InChI is InChI=1S/C15H25N3O2/c1-4-6-7-10-17(3)12-13-11-14(18(19)20)8-9-15(13)16-5-2/h8-9,11,16H,4-7,10,12H2,1-3H3. The second kappa shape index (κ2) is 8.53. The molecule has 0 amide bonds. The van der Waals surface area contributed by atoms with Gasteiger partial charge in [-0.3, -0.25) is 10.1 Å². The third-order valence-electron chi connectivity index (χ3n) is 3.25. The highest BCUT2D eigenvalue weighted by Crippen LogP contribution is 2.23. The van der Waals surface area contributed by atoms with E-state index in [9.17, 15) is 10.1 Å². The van der Waals surface area contributed by atoms with Gasteiger partial charge in [0.25, 0.3) is 5.69 Å². The third-order valence-corrected chi connectivity index (χ3v) is 3.25. The van der Waals surface area contributed by atoms with Crippen LogP contribution < -0.4 is 5.32 Å². The van der Waals surface area contributed by atoms with Crippen LogP contribution in [0.4, 0.5) is 11.4 Å². The van der Waals surface area contributed by atoms with Crippen molar-refractivity contribution in [3.8, 4) is 0 Å². The second-order valence-corrected chi connectivity index (χ2v) is 5.07. The second-order valence-electron chi connectivity index (χ2n) is 5.07. The Hall–Kier alpha value is -1.62. The van der Waals surface area contributed by atoms with Crippen molar-refractivity contribution >= 4 is 11.4 Å². The van der Waals surface area contributed by atoms with Gasteiger partial charge in [0.1, 0.15) is 0 Å². The Bertz CT molecular complexity index is 435. The number of nitro groups is 1. The van der Waals surface area contributed by atoms with E-state index in [1.807, 2.05) is 6.92 Å². The van der Waals surface area contributed by atoms with Crippen LogP contribution in [-0.2, 0) is 6.54 Å². The van der Waals surface area contributed by atoms with E-state index in [1.54, 1.807) is 18.2 Å². The topological polar surface area (TPSA) is 58.4 Å². The summed E-state index contributed by atoms with van der Waals surface area (Å²) in [6.45, 7) is 6.76. The highest BCUT2D eigenvalue weighted by molar-refractivity contribution is 5.56. The van der Waals surface area contributed by atoms with Gasteiger partial charge in [-0.1, -0.05) is 19.8 Å². The van der Waals surface area contributed by atoms with E-state index in [0.29, 0.717) is 0 Å². The van der Waals surface area contributed by atoms with Crippen LogP contribution in [0.2, 0.25) is 0 Å². The Morgan fingerprint density at radius 3 is 2.65 bits per heavy atom. The van der Waals surface area contributed by atoms with E-state index in [4.69, 9.17) is 0 Å². The summed E-state index contributed by atoms with van der Waals surface area (Å²) in [6, 6.07) is 5.03. The average molecular weight is 279 g/mol. The summed E-state index contributed by atoms with van der Waals surface area (Å²) < 4.78 is 0. The van der Waals surface area contributed by atoms with Crippen molar-refractivity contribution in [2.75, 3.05) is 25.5 Å². The molecule has 0 saturated carbocycles. The van der Waals surface area contributed by atoms with Crippen molar-refractivity contribution in [2.45, 2.75) is 39.7 Å². The number of rotatable bonds is 9. The molecule has 0 spiro atoms. The number of benzene rings is 1. The van der Waals surface area contributed by atoms with E-state index < -0.39 is 0 Å². The van der Waals surface area contributed by atoms with E-state index in [1.165, 1.54) is 19.3 Å². The fraction of sp³-hybridized carbons (Fsp3) is 0.600. The van der Waals surface area contributed by atoms with Crippen LogP contribution in [0.15, 0.2) is 18.2 Å². The van der Waals surface area contributed by atoms with Crippen molar-refractivity contribution in [3.63, 3.8) is 0 Å². The number of hydrogen-bond acceptors (Lipinski definition) is 4. The van der Waals surface area contributed by atoms with Crippen molar-refractivity contribution in [1.29, 1.82) is 0 Å². The summed E-state index contributed by atoms with van der Waals surface area (Å²) >= 11 is 0. The SMILES string of the molecule is CCCCCN(C)Cc1cc([N+](=O)[O-])ccc1NCC. The predicted molar refractivity (Wildman–Crippen MR) is 83.1 cm³/mol. The van der Waals surface area contributed by atoms with E-state index in [-0.39, 0.29) is 10.6 Å². The number of nitrogens with zero attached hydrogens (tertiary/aromatic N) is 2. The molecule has 20 heavy (non-hydrogen) atoms. The third kappa shape index (κ3) is 5.17. The van der Waals surface area contributed by atoms with E-state index in [0.717, 1.165) is 30.9 Å². The Morgan fingerprint density at radius 2 is 2.05 bits per heavy atom. The molecule has 5 nitrogen and oxygen atoms in total. The van der Waals surface area contributed by atoms with Gasteiger partial charge in [-0.15, -0.1) is 0 Å². The minimum atomic E-state index is -0.337. The maximum atomic E-state index is 10.9. The highest BCUT2D eigenvalue weighted by atomic mass is 16.6. The highest BCUT2D eigenvalue weighted by Gasteiger charge is 2.12. The average Bonchev–Trinajstić information content (AvgIpc) is 2.41. The van der Waals surface area contributed by atoms with Crippen LogP contribution in [0.25, 0.3) is 0 Å². The molecule has 0 fully saturated rings. The number of non-ortho nitro benzene ring substituents is 1. The first-order chi connectivity index (χ1) is 9.58. The molecule has 0 aliphatic carbocycles. The Balaban J connectivity index is 2.78. The summed E-state index contributed by atoms with van der Waals surface area (Å²) in [6.07, 6.45) is 3.59. The van der Waals surface area contributed by atoms with Crippen molar-refractivity contribution < 1.29 is 4.92 Å². The molecule has 0 saturated heterocycles. The van der Waals surface area contributed by atoms with Crippen molar-refractivity contribution in [2.24, 2.45) is 0 Å². The molecule has 1 rings (SSSR count). The normalized spacial score (nSPS) is 10.8. The fourth-order valence-corrected chi connectivity index (χ4v) is 2.19. The summed E-state index contributed by atoms with van der Waals surface area (Å²) in [5.41, 5.74) is 2.13. The van der Waals surface area contributed by atoms with Gasteiger partial charge in [-0.05, 0) is 38.6 Å². The van der Waals surface area contributed by atoms with Crippen LogP contribution in [0, 0.1) is 10.1 Å². The summed E-state index contributed by atoms with van der Waals surface area (Å²) in [5, 5.41) is 14.2. The molecule has 112 valence electrons. The molecule has 0 aliphatic heterocycles. The van der Waals surface area contributed by atoms with Crippen LogP contribution >= 0.6 is 0 Å². The zero-order valence-corrected chi connectivity index (χ0v) is 12.7. The predicted octanol–water partition coefficient (Wildman–Crippen LogP) is 3.65. The molecule has 0 bridgehead atoms. The van der Waals surface area contributed by atoms with Gasteiger partial charge in [-0.25, -0.2) is 0 Å². The van der Waals surface area contributed by atoms with Gasteiger partial charge in [0.05, 0.1) is 4.92 Å². The summed E-state index contributed by atoms with van der Waals surface area (Å²) in [5.74, 6) is 0. The molecule has 1 aromatic carbocycles. The fourth-order valence-electron chi connectivity index (χ4n) is 2.19. The number of nitrogens with one attached hydrogen (secondary N) is 1. The number of hydrogen-bond donors (Lipinski definition) is 1. The van der Waals surface area contributed by atoms with Crippen LogP contribution in [-0.4, -0.2) is 30.0 Å². The van der Waals surface area contributed by atoms with Gasteiger partial charge in [-0.2, -0.15) is 0 Å². The van der Waals surface area contributed by atoms with E-state index >= 15 is 0 Å². The molecule has 1 aromatic rings. The molecular formula is C15H25N3O2. The molecule has 0 atom stereocenters. The van der Waals surface area contributed by atoms with Crippen LogP contribution in [0.3, 0.4) is 0 Å². The first-order valence-corrected chi connectivity index (χ1v) is 7.28. The van der Waals surface area contributed by atoms with Gasteiger partial charge in [0.15, 0.2) is 0 Å². The molecule has 0 unspecified atom stereocenters. The Morgan fingerprint density at radius 1 is 1.30 bits per heavy atom. The summed E-state index contributed by atoms with van der Waals surface area (Å²) in [4.78, 5) is 12.8. The lowest BCUT2D eigenvalue weighted by molar-refractivity contribution is -0.384. The van der Waals surface area contributed by atoms with Gasteiger partial charge in [0.2, 0.25) is 0 Å². The Labute approximate surface area is 121 Å². The lowest BCUT2D eigenvalue weighted by Crippen LogP contribution is -2.20. The molecule has 1 N–H and O–H groups in total. The van der Waals surface area contributed by atoms with Crippen LogP contribution in [0.5, 0.6) is 0 Å². The van der Waals surface area contributed by atoms with E-state index in [2.05, 4.69) is 24.2 Å². The number of unbranched alkanes of at least 4 members (excludes halogenated alkanes) is 2. The lowest BCUT2D eigenvalue weighted by atomic mass is 10.1. The lowest BCUT2D eigenvalue weighted by Gasteiger charge is -2.19. The smallest absolute Gasteiger partial charge is 0.269 e. The first kappa shape index (κ1) is 16.4. The van der Waals surface area contributed by atoms with Gasteiger partial charge in [0, 0.05) is 30.9 Å².